The smallest absolute Gasteiger partial charge is 0.196 e. The van der Waals surface area contributed by atoms with E-state index in [2.05, 4.69) is 4.98 Å². The molecule has 0 aliphatic carbocycles. The van der Waals surface area contributed by atoms with Crippen LogP contribution in [0.5, 0.6) is 5.75 Å². The minimum absolute atomic E-state index is 0.0465. The van der Waals surface area contributed by atoms with E-state index in [0.29, 0.717) is 5.69 Å². The monoisotopic (exact) mass is 267 g/mol. The summed E-state index contributed by atoms with van der Waals surface area (Å²) < 4.78 is 5.25. The predicted molar refractivity (Wildman–Crippen MR) is 69.2 cm³/mol. The van der Waals surface area contributed by atoms with Gasteiger partial charge in [0.1, 0.15) is 16.5 Å². The largest absolute Gasteiger partial charge is 0.496 e. The van der Waals surface area contributed by atoms with Crippen LogP contribution >= 0.6 is 22.9 Å². The molecule has 0 saturated carbocycles. The van der Waals surface area contributed by atoms with Gasteiger partial charge in [0.15, 0.2) is 5.78 Å². The predicted octanol–water partition coefficient (Wildman–Crippen LogP) is 3.24. The Morgan fingerprint density at radius 2 is 2.24 bits per heavy atom. The van der Waals surface area contributed by atoms with Crippen LogP contribution in [0.1, 0.15) is 10.5 Å². The minimum Gasteiger partial charge on any atom is -0.496 e. The third-order valence-electron chi connectivity index (χ3n) is 2.25. The van der Waals surface area contributed by atoms with Gasteiger partial charge >= 0.3 is 0 Å². The Morgan fingerprint density at radius 1 is 1.47 bits per heavy atom. The van der Waals surface area contributed by atoms with Gasteiger partial charge in [-0.3, -0.25) is 4.79 Å². The van der Waals surface area contributed by atoms with Crippen molar-refractivity contribution in [2.45, 2.75) is 0 Å². The Kier molecular flexibility index (Phi) is 3.76. The first-order chi connectivity index (χ1) is 8.26. The Hall–Kier alpha value is -1.39. The maximum atomic E-state index is 11.4. The third-order valence-corrected chi connectivity index (χ3v) is 3.37. The summed E-state index contributed by atoms with van der Waals surface area (Å²) in [7, 11) is 1.61. The number of Topliss-reactive ketones (excluding diaryl/α,β-unsaturated/α-hetero) is 1. The van der Waals surface area contributed by atoms with Gasteiger partial charge in [0.05, 0.1) is 18.6 Å². The summed E-state index contributed by atoms with van der Waals surface area (Å²) in [6, 6.07) is 7.56. The molecule has 0 fully saturated rings. The average Bonchev–Trinajstić information content (AvgIpc) is 2.87. The molecular weight excluding hydrogens is 258 g/mol. The fourth-order valence-electron chi connectivity index (χ4n) is 1.42. The van der Waals surface area contributed by atoms with E-state index < -0.39 is 0 Å². The number of thiazole rings is 1. The maximum absolute atomic E-state index is 11.4. The fraction of sp³-hybridized carbons (Fsp3) is 0.167. The summed E-state index contributed by atoms with van der Waals surface area (Å²) in [5, 5.41) is 2.47. The van der Waals surface area contributed by atoms with Crippen LogP contribution < -0.4 is 4.74 Å². The summed E-state index contributed by atoms with van der Waals surface area (Å²) in [5.41, 5.74) is 1.29. The molecular formula is C12H10ClNO2S. The van der Waals surface area contributed by atoms with E-state index in [9.17, 15) is 4.79 Å². The van der Waals surface area contributed by atoms with E-state index in [1.54, 1.807) is 12.5 Å². The van der Waals surface area contributed by atoms with Gasteiger partial charge in [0.2, 0.25) is 0 Å². The molecule has 1 heterocycles. The lowest BCUT2D eigenvalue weighted by atomic mass is 10.2. The van der Waals surface area contributed by atoms with Crippen LogP contribution in [0.3, 0.4) is 0 Å². The Balaban J connectivity index is 2.40. The van der Waals surface area contributed by atoms with Crippen molar-refractivity contribution in [2.75, 3.05) is 13.0 Å². The van der Waals surface area contributed by atoms with Crippen LogP contribution in [0.4, 0.5) is 0 Å². The number of hydrogen-bond acceptors (Lipinski definition) is 4. The molecule has 0 spiro atoms. The number of methoxy groups -OCH3 is 1. The van der Waals surface area contributed by atoms with Crippen LogP contribution in [0.25, 0.3) is 10.6 Å². The molecule has 0 N–H and O–H groups in total. The summed E-state index contributed by atoms with van der Waals surface area (Å²) >= 11 is 6.90. The summed E-state index contributed by atoms with van der Waals surface area (Å²) in [6.07, 6.45) is 0. The van der Waals surface area contributed by atoms with Crippen LogP contribution in [0, 0.1) is 0 Å². The van der Waals surface area contributed by atoms with Gasteiger partial charge in [-0.2, -0.15) is 0 Å². The van der Waals surface area contributed by atoms with Crippen LogP contribution in [0.2, 0.25) is 0 Å². The zero-order valence-corrected chi connectivity index (χ0v) is 10.7. The molecule has 5 heteroatoms. The molecule has 0 amide bonds. The summed E-state index contributed by atoms with van der Waals surface area (Å²) in [6.45, 7) is 0. The minimum atomic E-state index is -0.163. The second-order valence-electron chi connectivity index (χ2n) is 3.29. The zero-order chi connectivity index (χ0) is 12.3. The SMILES string of the molecule is COc1ccccc1-c1nc(C(=O)CCl)cs1. The molecule has 0 bridgehead atoms. The number of carbonyl (C=O) groups excluding carboxylic acids is 1. The Bertz CT molecular complexity index is 539. The molecule has 0 atom stereocenters. The lowest BCUT2D eigenvalue weighted by Gasteiger charge is -2.04. The second-order valence-corrected chi connectivity index (χ2v) is 4.42. The molecule has 2 rings (SSSR count). The number of para-hydroxylation sites is 1. The van der Waals surface area contributed by atoms with Gasteiger partial charge in [0, 0.05) is 5.38 Å². The molecule has 1 aromatic carbocycles. The van der Waals surface area contributed by atoms with Gasteiger partial charge < -0.3 is 4.74 Å². The first-order valence-corrected chi connectivity index (χ1v) is 6.35. The van der Waals surface area contributed by atoms with Crippen LogP contribution in [-0.4, -0.2) is 23.8 Å². The number of carbonyl (C=O) groups is 1. The number of aromatic nitrogens is 1. The van der Waals surface area contributed by atoms with Crippen molar-refractivity contribution < 1.29 is 9.53 Å². The summed E-state index contributed by atoms with van der Waals surface area (Å²) in [4.78, 5) is 15.7. The highest BCUT2D eigenvalue weighted by Gasteiger charge is 2.13. The molecule has 0 aliphatic rings. The normalized spacial score (nSPS) is 10.2. The molecule has 0 unspecified atom stereocenters. The van der Waals surface area contributed by atoms with Crippen molar-refractivity contribution in [3.8, 4) is 16.3 Å². The number of rotatable bonds is 4. The fourth-order valence-corrected chi connectivity index (χ4v) is 2.41. The molecule has 3 nitrogen and oxygen atoms in total. The van der Waals surface area contributed by atoms with E-state index in [-0.39, 0.29) is 11.7 Å². The van der Waals surface area contributed by atoms with Crippen molar-refractivity contribution in [3.05, 3.63) is 35.3 Å². The molecule has 2 aromatic rings. The van der Waals surface area contributed by atoms with Gasteiger partial charge in [0.25, 0.3) is 0 Å². The lowest BCUT2D eigenvalue weighted by Crippen LogP contribution is -2.00. The number of hydrogen-bond donors (Lipinski definition) is 0. The highest BCUT2D eigenvalue weighted by molar-refractivity contribution is 7.13. The van der Waals surface area contributed by atoms with Crippen molar-refractivity contribution >= 4 is 28.7 Å². The Morgan fingerprint density at radius 3 is 2.94 bits per heavy atom. The molecule has 0 saturated heterocycles. The second kappa shape index (κ2) is 5.29. The number of nitrogens with zero attached hydrogens (tertiary/aromatic N) is 1. The number of ether oxygens (including phenoxy) is 1. The van der Waals surface area contributed by atoms with Crippen molar-refractivity contribution in [1.82, 2.24) is 4.98 Å². The van der Waals surface area contributed by atoms with Crippen molar-refractivity contribution in [3.63, 3.8) is 0 Å². The van der Waals surface area contributed by atoms with E-state index in [1.807, 2.05) is 24.3 Å². The highest BCUT2D eigenvalue weighted by Crippen LogP contribution is 2.31. The summed E-state index contributed by atoms with van der Waals surface area (Å²) in [5.74, 6) is 0.533. The number of halogens is 1. The van der Waals surface area contributed by atoms with Crippen molar-refractivity contribution in [2.24, 2.45) is 0 Å². The molecule has 1 aromatic heterocycles. The quantitative estimate of drug-likeness (QED) is 0.631. The zero-order valence-electron chi connectivity index (χ0n) is 9.14. The van der Waals surface area contributed by atoms with Crippen LogP contribution in [-0.2, 0) is 0 Å². The molecule has 88 valence electrons. The first kappa shape index (κ1) is 12.1. The standard InChI is InChI=1S/C12H10ClNO2S/c1-16-11-5-3-2-4-8(11)12-14-9(7-17-12)10(15)6-13/h2-5,7H,6H2,1H3. The van der Waals surface area contributed by atoms with Gasteiger partial charge in [-0.1, -0.05) is 12.1 Å². The number of benzene rings is 1. The topological polar surface area (TPSA) is 39.2 Å². The van der Waals surface area contributed by atoms with E-state index in [0.717, 1.165) is 16.3 Å². The van der Waals surface area contributed by atoms with E-state index >= 15 is 0 Å². The molecule has 17 heavy (non-hydrogen) atoms. The number of ketones is 1. The van der Waals surface area contributed by atoms with Crippen LogP contribution in [0.15, 0.2) is 29.6 Å². The van der Waals surface area contributed by atoms with Gasteiger partial charge in [-0.25, -0.2) is 4.98 Å². The number of alkyl halides is 1. The average molecular weight is 268 g/mol. The third kappa shape index (κ3) is 2.48. The molecule has 0 aliphatic heterocycles. The van der Waals surface area contributed by atoms with E-state index in [4.69, 9.17) is 16.3 Å². The van der Waals surface area contributed by atoms with E-state index in [1.165, 1.54) is 11.3 Å². The first-order valence-electron chi connectivity index (χ1n) is 4.94. The van der Waals surface area contributed by atoms with Gasteiger partial charge in [-0.15, -0.1) is 22.9 Å². The molecule has 0 radical (unpaired) electrons. The Labute approximate surface area is 108 Å². The lowest BCUT2D eigenvalue weighted by molar-refractivity contribution is 0.101. The highest BCUT2D eigenvalue weighted by atomic mass is 35.5. The maximum Gasteiger partial charge on any atom is 0.196 e. The van der Waals surface area contributed by atoms with Gasteiger partial charge in [-0.05, 0) is 12.1 Å². The van der Waals surface area contributed by atoms with Crippen molar-refractivity contribution in [1.29, 1.82) is 0 Å².